The molecule has 0 aromatic heterocycles. The summed E-state index contributed by atoms with van der Waals surface area (Å²) in [6.45, 7) is 2.78. The Morgan fingerprint density at radius 1 is 1.39 bits per heavy atom. The lowest BCUT2D eigenvalue weighted by molar-refractivity contribution is -0.136. The molecular weight excluding hydrogens is 245 g/mol. The smallest absolute Gasteiger partial charge is 0.399 e. The van der Waals surface area contributed by atoms with Gasteiger partial charge in [-0.15, -0.1) is 0 Å². The Morgan fingerprint density at radius 3 is 2.61 bits per heavy atom. The van der Waals surface area contributed by atoms with Crippen LogP contribution in [0.25, 0.3) is 0 Å². The van der Waals surface area contributed by atoms with Crippen LogP contribution in [0.4, 0.5) is 24.5 Å². The summed E-state index contributed by atoms with van der Waals surface area (Å²) in [5.74, 6) is 0.119. The summed E-state index contributed by atoms with van der Waals surface area (Å²) in [4.78, 5) is 0. The summed E-state index contributed by atoms with van der Waals surface area (Å²) in [6, 6.07) is 3.72. The molecule has 1 atom stereocenters. The Morgan fingerprint density at radius 2 is 2.06 bits per heavy atom. The fourth-order valence-corrected chi connectivity index (χ4v) is 1.58. The Kier molecular flexibility index (Phi) is 4.84. The molecule has 0 aliphatic heterocycles. The number of nitrogens with one attached hydrogen (secondary N) is 1. The van der Waals surface area contributed by atoms with Crippen molar-refractivity contribution < 1.29 is 17.9 Å². The van der Waals surface area contributed by atoms with Gasteiger partial charge in [0, 0.05) is 25.0 Å². The van der Waals surface area contributed by atoms with Crippen LogP contribution in [0.2, 0.25) is 0 Å². The van der Waals surface area contributed by atoms with E-state index in [4.69, 9.17) is 10.5 Å². The van der Waals surface area contributed by atoms with Crippen molar-refractivity contribution in [2.75, 3.05) is 31.3 Å². The van der Waals surface area contributed by atoms with Gasteiger partial charge >= 0.3 is 6.18 Å². The van der Waals surface area contributed by atoms with E-state index in [1.807, 2.05) is 6.92 Å². The summed E-state index contributed by atoms with van der Waals surface area (Å²) in [5, 5.41) is 2.78. The SMILES string of the molecule is COCC(C)CNc1ccc(N)cc1C(F)(F)F. The molecule has 0 heterocycles. The van der Waals surface area contributed by atoms with E-state index >= 15 is 0 Å². The monoisotopic (exact) mass is 262 g/mol. The van der Waals surface area contributed by atoms with E-state index in [2.05, 4.69) is 5.32 Å². The molecule has 0 fully saturated rings. The van der Waals surface area contributed by atoms with Gasteiger partial charge < -0.3 is 15.8 Å². The van der Waals surface area contributed by atoms with E-state index in [9.17, 15) is 13.2 Å². The summed E-state index contributed by atoms with van der Waals surface area (Å²) in [6.07, 6.45) is -4.41. The number of ether oxygens (including phenoxy) is 1. The molecule has 0 aliphatic carbocycles. The van der Waals surface area contributed by atoms with E-state index < -0.39 is 11.7 Å². The molecule has 1 aromatic carbocycles. The van der Waals surface area contributed by atoms with Crippen LogP contribution in [0, 0.1) is 5.92 Å². The zero-order chi connectivity index (χ0) is 13.8. The average molecular weight is 262 g/mol. The van der Waals surface area contributed by atoms with E-state index in [1.165, 1.54) is 12.1 Å². The average Bonchev–Trinajstić information content (AvgIpc) is 2.26. The normalized spacial score (nSPS) is 13.4. The van der Waals surface area contributed by atoms with Crippen LogP contribution in [0.3, 0.4) is 0 Å². The second-order valence-corrected chi connectivity index (χ2v) is 4.24. The molecular formula is C12H17F3N2O. The van der Waals surface area contributed by atoms with Crippen molar-refractivity contribution in [1.82, 2.24) is 0 Å². The van der Waals surface area contributed by atoms with Crippen LogP contribution < -0.4 is 11.1 Å². The quantitative estimate of drug-likeness (QED) is 0.802. The van der Waals surface area contributed by atoms with Gasteiger partial charge in [0.2, 0.25) is 0 Å². The predicted molar refractivity (Wildman–Crippen MR) is 65.4 cm³/mol. The first-order chi connectivity index (χ1) is 8.34. The molecule has 0 saturated heterocycles. The molecule has 0 saturated carbocycles. The summed E-state index contributed by atoms with van der Waals surface area (Å²) >= 11 is 0. The topological polar surface area (TPSA) is 47.3 Å². The molecule has 1 rings (SSSR count). The Balaban J connectivity index is 2.82. The third kappa shape index (κ3) is 4.10. The van der Waals surface area contributed by atoms with Gasteiger partial charge in [-0.2, -0.15) is 13.2 Å². The van der Waals surface area contributed by atoms with Crippen LogP contribution in [-0.4, -0.2) is 20.3 Å². The van der Waals surface area contributed by atoms with Gasteiger partial charge in [-0.05, 0) is 24.1 Å². The first-order valence-electron chi connectivity index (χ1n) is 5.54. The highest BCUT2D eigenvalue weighted by Gasteiger charge is 2.33. The van der Waals surface area contributed by atoms with Crippen LogP contribution in [-0.2, 0) is 10.9 Å². The zero-order valence-corrected chi connectivity index (χ0v) is 10.3. The van der Waals surface area contributed by atoms with Crippen molar-refractivity contribution in [3.05, 3.63) is 23.8 Å². The molecule has 1 unspecified atom stereocenters. The molecule has 18 heavy (non-hydrogen) atoms. The number of benzene rings is 1. The van der Waals surface area contributed by atoms with Crippen molar-refractivity contribution >= 4 is 11.4 Å². The number of halogens is 3. The zero-order valence-electron chi connectivity index (χ0n) is 10.3. The number of hydrogen-bond acceptors (Lipinski definition) is 3. The van der Waals surface area contributed by atoms with E-state index in [0.717, 1.165) is 6.07 Å². The van der Waals surface area contributed by atoms with Gasteiger partial charge in [-0.1, -0.05) is 6.92 Å². The third-order valence-corrected chi connectivity index (χ3v) is 2.44. The summed E-state index contributed by atoms with van der Waals surface area (Å²) in [7, 11) is 1.56. The largest absolute Gasteiger partial charge is 0.418 e. The van der Waals surface area contributed by atoms with Crippen molar-refractivity contribution in [3.63, 3.8) is 0 Å². The summed E-state index contributed by atoms with van der Waals surface area (Å²) in [5.41, 5.74) is 4.77. The molecule has 0 radical (unpaired) electrons. The summed E-state index contributed by atoms with van der Waals surface area (Å²) < 4.78 is 43.3. The number of anilines is 2. The second-order valence-electron chi connectivity index (χ2n) is 4.24. The lowest BCUT2D eigenvalue weighted by Gasteiger charge is -2.17. The molecule has 0 bridgehead atoms. The van der Waals surface area contributed by atoms with Crippen molar-refractivity contribution in [2.24, 2.45) is 5.92 Å². The van der Waals surface area contributed by atoms with Crippen molar-refractivity contribution in [1.29, 1.82) is 0 Å². The van der Waals surface area contributed by atoms with Crippen LogP contribution in [0.15, 0.2) is 18.2 Å². The molecule has 1 aromatic rings. The lowest BCUT2D eigenvalue weighted by Crippen LogP contribution is -2.18. The van der Waals surface area contributed by atoms with Gasteiger partial charge in [0.25, 0.3) is 0 Å². The maximum atomic E-state index is 12.8. The number of nitrogens with two attached hydrogens (primary N) is 1. The van der Waals surface area contributed by atoms with E-state index in [-0.39, 0.29) is 17.3 Å². The second kappa shape index (κ2) is 5.95. The standard InChI is InChI=1S/C12H17F3N2O/c1-8(7-18-2)6-17-11-4-3-9(16)5-10(11)12(13,14)15/h3-5,8,17H,6-7,16H2,1-2H3. The first kappa shape index (κ1) is 14.6. The molecule has 3 nitrogen and oxygen atoms in total. The highest BCUT2D eigenvalue weighted by Crippen LogP contribution is 2.36. The number of rotatable bonds is 5. The van der Waals surface area contributed by atoms with Crippen LogP contribution in [0.5, 0.6) is 0 Å². The first-order valence-corrected chi connectivity index (χ1v) is 5.54. The molecule has 0 spiro atoms. The van der Waals surface area contributed by atoms with Gasteiger partial charge in [0.05, 0.1) is 12.2 Å². The van der Waals surface area contributed by atoms with E-state index in [0.29, 0.717) is 13.2 Å². The molecule has 0 aliphatic rings. The van der Waals surface area contributed by atoms with Crippen molar-refractivity contribution in [3.8, 4) is 0 Å². The maximum Gasteiger partial charge on any atom is 0.418 e. The molecule has 102 valence electrons. The fraction of sp³-hybridized carbons (Fsp3) is 0.500. The minimum Gasteiger partial charge on any atom is -0.399 e. The van der Waals surface area contributed by atoms with E-state index in [1.54, 1.807) is 7.11 Å². The highest BCUT2D eigenvalue weighted by molar-refractivity contribution is 5.59. The molecule has 3 N–H and O–H groups in total. The van der Waals surface area contributed by atoms with Crippen molar-refractivity contribution in [2.45, 2.75) is 13.1 Å². The van der Waals surface area contributed by atoms with Gasteiger partial charge in [-0.25, -0.2) is 0 Å². The molecule has 0 amide bonds. The highest BCUT2D eigenvalue weighted by atomic mass is 19.4. The number of hydrogen-bond donors (Lipinski definition) is 2. The molecule has 6 heteroatoms. The third-order valence-electron chi connectivity index (χ3n) is 2.44. The van der Waals surface area contributed by atoms with Crippen LogP contribution in [0.1, 0.15) is 12.5 Å². The Hall–Kier alpha value is -1.43. The number of nitrogen functional groups attached to an aromatic ring is 1. The number of methoxy groups -OCH3 is 1. The maximum absolute atomic E-state index is 12.8. The Labute approximate surface area is 104 Å². The number of alkyl halides is 3. The minimum absolute atomic E-state index is 0.0413. The lowest BCUT2D eigenvalue weighted by atomic mass is 10.1. The van der Waals surface area contributed by atoms with Gasteiger partial charge in [0.1, 0.15) is 0 Å². The minimum atomic E-state index is -4.41. The van der Waals surface area contributed by atoms with Crippen LogP contribution >= 0.6 is 0 Å². The van der Waals surface area contributed by atoms with Gasteiger partial charge in [-0.3, -0.25) is 0 Å². The van der Waals surface area contributed by atoms with Gasteiger partial charge in [0.15, 0.2) is 0 Å². The fourth-order valence-electron chi connectivity index (χ4n) is 1.58. The predicted octanol–water partition coefficient (Wildman–Crippen LogP) is 2.98. The Bertz CT molecular complexity index is 393.